The van der Waals surface area contributed by atoms with Crippen molar-refractivity contribution in [3.63, 3.8) is 0 Å². The number of amidine groups is 1. The predicted octanol–water partition coefficient (Wildman–Crippen LogP) is 3.01. The van der Waals surface area contributed by atoms with E-state index in [1.54, 1.807) is 0 Å². The molecule has 0 radical (unpaired) electrons. The number of amides is 2. The van der Waals surface area contributed by atoms with Crippen LogP contribution in [0.4, 0.5) is 4.79 Å². The molecule has 5 rings (SSSR count). The molecule has 0 saturated carbocycles. The first-order valence-corrected chi connectivity index (χ1v) is 10.8. The number of carbonyl (C=O) groups excluding carboxylic acids is 1. The predicted molar refractivity (Wildman–Crippen MR) is 108 cm³/mol. The molecule has 5 aliphatic rings. The minimum absolute atomic E-state index is 0.0601. The van der Waals surface area contributed by atoms with Crippen molar-refractivity contribution >= 4 is 11.9 Å². The second kappa shape index (κ2) is 7.46. The number of nitrogens with one attached hydrogen (secondary N) is 2. The van der Waals surface area contributed by atoms with Gasteiger partial charge in [-0.1, -0.05) is 13.8 Å². The van der Waals surface area contributed by atoms with Crippen LogP contribution in [0.1, 0.15) is 58.8 Å². The molecule has 0 aromatic carbocycles. The molecule has 4 heterocycles. The maximum atomic E-state index is 13.0. The molecule has 4 aliphatic heterocycles. The Hall–Kier alpha value is -1.56. The number of hydrogen-bond acceptors (Lipinski definition) is 3. The quantitative estimate of drug-likeness (QED) is 0.578. The molecule has 27 heavy (non-hydrogen) atoms. The third kappa shape index (κ3) is 4.00. The molecule has 0 aromatic rings. The highest BCUT2D eigenvalue weighted by Gasteiger charge is 2.34. The highest BCUT2D eigenvalue weighted by molar-refractivity contribution is 5.97. The third-order valence-electron chi connectivity index (χ3n) is 6.89. The Balaban J connectivity index is 1.45. The minimum Gasteiger partial charge on any atom is -0.356 e. The number of hydrogen-bond donors (Lipinski definition) is 2. The van der Waals surface area contributed by atoms with E-state index >= 15 is 0 Å². The molecular formula is C21H35N5O. The van der Waals surface area contributed by atoms with Crippen LogP contribution in [0.15, 0.2) is 11.3 Å². The van der Waals surface area contributed by atoms with Gasteiger partial charge in [0.2, 0.25) is 0 Å². The average Bonchev–Trinajstić information content (AvgIpc) is 2.88. The zero-order valence-electron chi connectivity index (χ0n) is 17.0. The van der Waals surface area contributed by atoms with Gasteiger partial charge in [-0.15, -0.1) is 0 Å². The van der Waals surface area contributed by atoms with Gasteiger partial charge in [0.15, 0.2) is 0 Å². The summed E-state index contributed by atoms with van der Waals surface area (Å²) in [6.45, 7) is 10.6. The first-order valence-electron chi connectivity index (χ1n) is 10.8. The average molecular weight is 374 g/mol. The Bertz CT molecular complexity index is 632. The van der Waals surface area contributed by atoms with Crippen molar-refractivity contribution in [1.82, 2.24) is 20.0 Å². The maximum Gasteiger partial charge on any atom is 0.321 e. The summed E-state index contributed by atoms with van der Waals surface area (Å²) in [4.78, 5) is 19.8. The summed E-state index contributed by atoms with van der Waals surface area (Å²) in [5.74, 6) is 0.651. The lowest BCUT2D eigenvalue weighted by atomic mass is 9.84. The molecule has 150 valence electrons. The van der Waals surface area contributed by atoms with Gasteiger partial charge >= 0.3 is 6.03 Å². The number of carbonyl (C=O) groups is 1. The van der Waals surface area contributed by atoms with Crippen LogP contribution in [0.3, 0.4) is 0 Å². The van der Waals surface area contributed by atoms with Crippen molar-refractivity contribution in [3.05, 3.63) is 11.3 Å². The molecule has 2 N–H and O–H groups in total. The van der Waals surface area contributed by atoms with E-state index in [-0.39, 0.29) is 11.4 Å². The highest BCUT2D eigenvalue weighted by Crippen LogP contribution is 2.32. The summed E-state index contributed by atoms with van der Waals surface area (Å²) in [5.41, 5.74) is 2.35. The Labute approximate surface area is 163 Å². The Morgan fingerprint density at radius 2 is 1.85 bits per heavy atom. The van der Waals surface area contributed by atoms with Crippen molar-refractivity contribution in [3.8, 4) is 0 Å². The SMILES string of the molecule is CC1(C)CCCN(C(=N)C2=C(NC(=O)N3CCN4CCC3CC4)CCC2)C1. The molecule has 2 amide bonds. The number of rotatable bonds is 2. The topological polar surface area (TPSA) is 62.7 Å². The van der Waals surface area contributed by atoms with Crippen LogP contribution in [0.25, 0.3) is 0 Å². The summed E-state index contributed by atoms with van der Waals surface area (Å²) >= 11 is 0. The van der Waals surface area contributed by atoms with E-state index in [0.29, 0.717) is 11.9 Å². The summed E-state index contributed by atoms with van der Waals surface area (Å²) in [5, 5.41) is 12.0. The molecule has 4 fully saturated rings. The van der Waals surface area contributed by atoms with Gasteiger partial charge in [0.1, 0.15) is 5.84 Å². The highest BCUT2D eigenvalue weighted by atomic mass is 16.2. The lowest BCUT2D eigenvalue weighted by Crippen LogP contribution is -2.47. The van der Waals surface area contributed by atoms with Crippen molar-refractivity contribution in [2.24, 2.45) is 5.41 Å². The van der Waals surface area contributed by atoms with Crippen LogP contribution in [0.5, 0.6) is 0 Å². The van der Waals surface area contributed by atoms with E-state index in [1.165, 1.54) is 6.42 Å². The Morgan fingerprint density at radius 3 is 2.59 bits per heavy atom. The molecule has 1 aliphatic carbocycles. The standard InChI is InChI=1S/C21H35N5O/c1-21(2)9-4-10-25(15-21)19(22)17-5-3-6-18(17)23-20(27)26-14-13-24-11-7-16(26)8-12-24/h16,22H,3-15H2,1-2H3,(H,23,27). The number of urea groups is 1. The summed E-state index contributed by atoms with van der Waals surface area (Å²) in [6.07, 6.45) is 7.43. The molecule has 0 unspecified atom stereocenters. The number of piperidine rings is 2. The molecule has 6 nitrogen and oxygen atoms in total. The van der Waals surface area contributed by atoms with Crippen LogP contribution in [0.2, 0.25) is 0 Å². The Kier molecular flexibility index (Phi) is 5.19. The van der Waals surface area contributed by atoms with Crippen molar-refractivity contribution in [2.75, 3.05) is 39.3 Å². The van der Waals surface area contributed by atoms with E-state index in [9.17, 15) is 4.79 Å². The lowest BCUT2D eigenvalue weighted by molar-refractivity contribution is 0.172. The molecule has 4 saturated heterocycles. The zero-order valence-corrected chi connectivity index (χ0v) is 17.0. The van der Waals surface area contributed by atoms with Crippen LogP contribution >= 0.6 is 0 Å². The largest absolute Gasteiger partial charge is 0.356 e. The number of allylic oxidation sites excluding steroid dienone is 1. The van der Waals surface area contributed by atoms with Crippen molar-refractivity contribution < 1.29 is 4.79 Å². The molecule has 2 bridgehead atoms. The number of nitrogens with zero attached hydrogens (tertiary/aromatic N) is 3. The van der Waals surface area contributed by atoms with Crippen molar-refractivity contribution in [1.29, 1.82) is 5.41 Å². The fraction of sp³-hybridized carbons (Fsp3) is 0.810. The van der Waals surface area contributed by atoms with E-state index in [2.05, 4.69) is 33.9 Å². The Morgan fingerprint density at radius 1 is 1.07 bits per heavy atom. The monoisotopic (exact) mass is 373 g/mol. The second-order valence-corrected chi connectivity index (χ2v) is 9.54. The van der Waals surface area contributed by atoms with Gasteiger partial charge in [-0.25, -0.2) is 4.79 Å². The van der Waals surface area contributed by atoms with Gasteiger partial charge < -0.3 is 20.0 Å². The van der Waals surface area contributed by atoms with Crippen molar-refractivity contribution in [2.45, 2.75) is 64.8 Å². The fourth-order valence-corrected chi connectivity index (χ4v) is 5.30. The normalized spacial score (nSPS) is 30.4. The van der Waals surface area contributed by atoms with Crippen LogP contribution < -0.4 is 5.32 Å². The summed E-state index contributed by atoms with van der Waals surface area (Å²) in [6, 6.07) is 0.446. The first-order chi connectivity index (χ1) is 12.9. The van der Waals surface area contributed by atoms with E-state index in [0.717, 1.165) is 89.1 Å². The molecule has 0 spiro atoms. The number of likely N-dealkylation sites (tertiary alicyclic amines) is 1. The van der Waals surface area contributed by atoms with Gasteiger partial charge in [-0.2, -0.15) is 0 Å². The second-order valence-electron chi connectivity index (χ2n) is 9.54. The molecule has 0 aromatic heterocycles. The third-order valence-corrected chi connectivity index (χ3v) is 6.89. The minimum atomic E-state index is 0.0601. The van der Waals surface area contributed by atoms with Crippen LogP contribution in [0, 0.1) is 10.8 Å². The van der Waals surface area contributed by atoms with E-state index < -0.39 is 0 Å². The summed E-state index contributed by atoms with van der Waals surface area (Å²) in [7, 11) is 0. The fourth-order valence-electron chi connectivity index (χ4n) is 5.30. The van der Waals surface area contributed by atoms with Crippen LogP contribution in [-0.4, -0.2) is 71.9 Å². The number of fused-ring (bicyclic) bond motifs is 4. The lowest BCUT2D eigenvalue weighted by Gasteiger charge is -2.40. The van der Waals surface area contributed by atoms with E-state index in [1.807, 2.05) is 0 Å². The smallest absolute Gasteiger partial charge is 0.321 e. The molecular weight excluding hydrogens is 338 g/mol. The van der Waals surface area contributed by atoms with Gasteiger partial charge in [0.05, 0.1) is 0 Å². The zero-order chi connectivity index (χ0) is 19.0. The summed E-state index contributed by atoms with van der Waals surface area (Å²) < 4.78 is 0. The molecule has 0 atom stereocenters. The maximum absolute atomic E-state index is 13.0. The van der Waals surface area contributed by atoms with Crippen LogP contribution in [-0.2, 0) is 0 Å². The van der Waals surface area contributed by atoms with Gasteiger partial charge in [0, 0.05) is 56.6 Å². The van der Waals surface area contributed by atoms with Gasteiger partial charge in [0.25, 0.3) is 0 Å². The van der Waals surface area contributed by atoms with E-state index in [4.69, 9.17) is 5.41 Å². The first kappa shape index (κ1) is 18.8. The van der Waals surface area contributed by atoms with Gasteiger partial charge in [-0.05, 0) is 50.4 Å². The van der Waals surface area contributed by atoms with Gasteiger partial charge in [-0.3, -0.25) is 5.41 Å². The molecule has 6 heteroatoms.